The fraction of sp³-hybridized carbons (Fsp3) is 1.00. The van der Waals surface area contributed by atoms with Gasteiger partial charge in [-0.1, -0.05) is 20.8 Å². The van der Waals surface area contributed by atoms with E-state index in [0.29, 0.717) is 0 Å². The van der Waals surface area contributed by atoms with Crippen LogP contribution in [-0.2, 0) is 4.43 Å². The molecule has 3 nitrogen and oxygen atoms in total. The molecule has 3 N–H and O–H groups in total. The third-order valence-electron chi connectivity index (χ3n) is 2.43. The van der Waals surface area contributed by atoms with Gasteiger partial charge in [-0.3, -0.25) is 0 Å². The second kappa shape index (κ2) is 3.87. The predicted molar refractivity (Wildman–Crippen MR) is 53.3 cm³/mol. The minimum atomic E-state index is -1.77. The molecule has 0 rings (SSSR count). The van der Waals surface area contributed by atoms with Crippen LogP contribution >= 0.6 is 0 Å². The number of aliphatic hydroxyl groups is 1. The molecule has 0 aromatic heterocycles. The van der Waals surface area contributed by atoms with Gasteiger partial charge < -0.3 is 15.3 Å². The van der Waals surface area contributed by atoms with E-state index in [1.807, 2.05) is 0 Å². The van der Waals surface area contributed by atoms with Crippen LogP contribution in [0.25, 0.3) is 0 Å². The summed E-state index contributed by atoms with van der Waals surface area (Å²) >= 11 is 0. The number of rotatable bonds is 3. The van der Waals surface area contributed by atoms with Gasteiger partial charge >= 0.3 is 0 Å². The summed E-state index contributed by atoms with van der Waals surface area (Å²) < 4.78 is 5.62. The quantitative estimate of drug-likeness (QED) is 0.522. The highest BCUT2D eigenvalue weighted by molar-refractivity contribution is 6.74. The van der Waals surface area contributed by atoms with Crippen molar-refractivity contribution in [1.82, 2.24) is 0 Å². The summed E-state index contributed by atoms with van der Waals surface area (Å²) in [6.45, 7) is 10.5. The van der Waals surface area contributed by atoms with E-state index < -0.39 is 14.5 Å². The van der Waals surface area contributed by atoms with Crippen LogP contribution in [0.15, 0.2) is 0 Å². The smallest absolute Gasteiger partial charge is 0.194 e. The highest BCUT2D eigenvalue weighted by Gasteiger charge is 2.38. The van der Waals surface area contributed by atoms with Crippen molar-refractivity contribution in [1.29, 1.82) is 0 Å². The molecule has 0 aromatic rings. The zero-order chi connectivity index (χ0) is 9.99. The number of hydrogen-bond donors (Lipinski definition) is 2. The van der Waals surface area contributed by atoms with Gasteiger partial charge in [0.1, 0.15) is 6.23 Å². The number of hydrogen-bond acceptors (Lipinski definition) is 3. The summed E-state index contributed by atoms with van der Waals surface area (Å²) in [5.41, 5.74) is 5.52. The van der Waals surface area contributed by atoms with Crippen molar-refractivity contribution in [3.8, 4) is 0 Å². The SMILES string of the molecule is CC(C)(C)[Si](C)(C)OC(N)CO. The zero-order valence-corrected chi connectivity index (χ0v) is 9.72. The third kappa shape index (κ3) is 3.22. The molecule has 1 atom stereocenters. The van der Waals surface area contributed by atoms with Gasteiger partial charge in [-0.2, -0.15) is 0 Å². The van der Waals surface area contributed by atoms with Crippen molar-refractivity contribution in [2.24, 2.45) is 5.73 Å². The average molecular weight is 191 g/mol. The molecule has 74 valence electrons. The maximum atomic E-state index is 8.74. The molecular formula is C8H21NO2Si. The molecule has 0 heterocycles. The van der Waals surface area contributed by atoms with Gasteiger partial charge in [0.25, 0.3) is 0 Å². The molecule has 4 heteroatoms. The Kier molecular flexibility index (Phi) is 3.90. The van der Waals surface area contributed by atoms with Crippen LogP contribution < -0.4 is 5.73 Å². The first-order valence-electron chi connectivity index (χ1n) is 4.25. The Bertz CT molecular complexity index is 142. The number of nitrogens with two attached hydrogens (primary N) is 1. The van der Waals surface area contributed by atoms with E-state index in [1.54, 1.807) is 0 Å². The van der Waals surface area contributed by atoms with Crippen LogP contribution in [0.5, 0.6) is 0 Å². The van der Waals surface area contributed by atoms with Crippen LogP contribution in [0.3, 0.4) is 0 Å². The van der Waals surface area contributed by atoms with E-state index in [-0.39, 0.29) is 11.6 Å². The number of aliphatic hydroxyl groups excluding tert-OH is 1. The van der Waals surface area contributed by atoms with Gasteiger partial charge in [-0.25, -0.2) is 0 Å². The molecular weight excluding hydrogens is 170 g/mol. The molecule has 0 aromatic carbocycles. The van der Waals surface area contributed by atoms with E-state index in [4.69, 9.17) is 15.3 Å². The van der Waals surface area contributed by atoms with Gasteiger partial charge in [0.05, 0.1) is 6.61 Å². The summed E-state index contributed by atoms with van der Waals surface area (Å²) in [7, 11) is -1.77. The van der Waals surface area contributed by atoms with Gasteiger partial charge in [0.15, 0.2) is 8.32 Å². The summed E-state index contributed by atoms with van der Waals surface area (Å²) in [4.78, 5) is 0. The van der Waals surface area contributed by atoms with Crippen molar-refractivity contribution in [3.63, 3.8) is 0 Å². The molecule has 0 fully saturated rings. The second-order valence-corrected chi connectivity index (χ2v) is 9.36. The summed E-state index contributed by atoms with van der Waals surface area (Å²) in [5.74, 6) is 0. The van der Waals surface area contributed by atoms with Crippen molar-refractivity contribution in [2.45, 2.75) is 45.1 Å². The standard InChI is InChI=1S/C8H21NO2Si/c1-8(2,3)12(4,5)11-7(9)6-10/h7,10H,6,9H2,1-5H3. The Morgan fingerprint density at radius 2 is 1.83 bits per heavy atom. The molecule has 12 heavy (non-hydrogen) atoms. The van der Waals surface area contributed by atoms with E-state index in [1.165, 1.54) is 0 Å². The fourth-order valence-corrected chi connectivity index (χ4v) is 1.78. The average Bonchev–Trinajstić information content (AvgIpc) is 1.84. The fourth-order valence-electron chi connectivity index (χ4n) is 0.592. The van der Waals surface area contributed by atoms with E-state index in [9.17, 15) is 0 Å². The van der Waals surface area contributed by atoms with Gasteiger partial charge in [-0.15, -0.1) is 0 Å². The van der Waals surface area contributed by atoms with Gasteiger partial charge in [-0.05, 0) is 18.1 Å². The Labute approximate surface area is 76.0 Å². The minimum absolute atomic E-state index is 0.105. The maximum Gasteiger partial charge on any atom is 0.194 e. The zero-order valence-electron chi connectivity index (χ0n) is 8.72. The Morgan fingerprint density at radius 1 is 1.42 bits per heavy atom. The second-order valence-electron chi connectivity index (χ2n) is 4.60. The highest BCUT2D eigenvalue weighted by Crippen LogP contribution is 2.36. The van der Waals surface area contributed by atoms with E-state index >= 15 is 0 Å². The third-order valence-corrected chi connectivity index (χ3v) is 6.94. The first-order chi connectivity index (χ1) is 5.20. The van der Waals surface area contributed by atoms with Gasteiger partial charge in [0, 0.05) is 0 Å². The van der Waals surface area contributed by atoms with Crippen LogP contribution in [-0.4, -0.2) is 26.3 Å². The molecule has 0 amide bonds. The van der Waals surface area contributed by atoms with Crippen molar-refractivity contribution >= 4 is 8.32 Å². The van der Waals surface area contributed by atoms with Crippen LogP contribution in [0.1, 0.15) is 20.8 Å². The topological polar surface area (TPSA) is 55.5 Å². The van der Waals surface area contributed by atoms with E-state index in [0.717, 1.165) is 0 Å². The lowest BCUT2D eigenvalue weighted by atomic mass is 10.2. The predicted octanol–water partition coefficient (Wildman–Crippen LogP) is 1.29. The summed E-state index contributed by atoms with van der Waals surface area (Å²) in [6.07, 6.45) is -0.522. The molecule has 0 saturated heterocycles. The lowest BCUT2D eigenvalue weighted by molar-refractivity contribution is 0.108. The molecule has 0 aliphatic heterocycles. The Hall–Kier alpha value is 0.0969. The lowest BCUT2D eigenvalue weighted by Gasteiger charge is -2.37. The molecule has 1 unspecified atom stereocenters. The maximum absolute atomic E-state index is 8.74. The largest absolute Gasteiger partial charge is 0.400 e. The molecule has 0 aliphatic rings. The van der Waals surface area contributed by atoms with E-state index in [2.05, 4.69) is 33.9 Å². The van der Waals surface area contributed by atoms with Crippen LogP contribution in [0.4, 0.5) is 0 Å². The molecule has 0 spiro atoms. The normalized spacial score (nSPS) is 16.2. The monoisotopic (exact) mass is 191 g/mol. The van der Waals surface area contributed by atoms with Crippen molar-refractivity contribution in [2.75, 3.05) is 6.61 Å². The Balaban J connectivity index is 4.22. The van der Waals surface area contributed by atoms with Crippen LogP contribution in [0.2, 0.25) is 18.1 Å². The first-order valence-corrected chi connectivity index (χ1v) is 7.16. The molecule has 0 aliphatic carbocycles. The van der Waals surface area contributed by atoms with Crippen molar-refractivity contribution in [3.05, 3.63) is 0 Å². The Morgan fingerprint density at radius 3 is 2.08 bits per heavy atom. The highest BCUT2D eigenvalue weighted by atomic mass is 28.4. The molecule has 0 saturated carbocycles. The van der Waals surface area contributed by atoms with Gasteiger partial charge in [0.2, 0.25) is 0 Å². The molecule has 0 bridgehead atoms. The minimum Gasteiger partial charge on any atom is -0.400 e. The molecule has 0 radical (unpaired) electrons. The summed E-state index contributed by atoms with van der Waals surface area (Å²) in [5, 5.41) is 8.89. The van der Waals surface area contributed by atoms with Crippen LogP contribution in [0, 0.1) is 0 Å². The summed E-state index contributed by atoms with van der Waals surface area (Å²) in [6, 6.07) is 0. The first kappa shape index (κ1) is 12.1. The van der Waals surface area contributed by atoms with Crippen molar-refractivity contribution < 1.29 is 9.53 Å². The lowest BCUT2D eigenvalue weighted by Crippen LogP contribution is -2.47.